The van der Waals surface area contributed by atoms with Crippen LogP contribution in [0.4, 0.5) is 0 Å². The van der Waals surface area contributed by atoms with Gasteiger partial charge in [-0.15, -0.1) is 11.3 Å². The summed E-state index contributed by atoms with van der Waals surface area (Å²) in [4.78, 5) is 9.25. The molecule has 5 nitrogen and oxygen atoms in total. The van der Waals surface area contributed by atoms with Crippen LogP contribution in [0.3, 0.4) is 0 Å². The summed E-state index contributed by atoms with van der Waals surface area (Å²) in [7, 11) is -2.00. The molecule has 0 radical (unpaired) electrons. The molecule has 0 saturated heterocycles. The Morgan fingerprint density at radius 1 is 1.15 bits per heavy atom. The number of thiophene rings is 1. The first-order chi connectivity index (χ1) is 9.62. The van der Waals surface area contributed by atoms with Crippen molar-refractivity contribution in [3.8, 4) is 10.4 Å². The van der Waals surface area contributed by atoms with Gasteiger partial charge in [0.15, 0.2) is 0 Å². The van der Waals surface area contributed by atoms with Crippen molar-refractivity contribution in [3.05, 3.63) is 42.9 Å². The normalized spacial score (nSPS) is 11.8. The summed E-state index contributed by atoms with van der Waals surface area (Å²) in [5.74, 6) is 0. The van der Waals surface area contributed by atoms with Crippen molar-refractivity contribution < 1.29 is 8.42 Å². The second kappa shape index (κ2) is 4.93. The summed E-state index contributed by atoms with van der Waals surface area (Å²) in [6.45, 7) is 0. The third kappa shape index (κ3) is 2.20. The number of hydrogen-bond acceptors (Lipinski definition) is 5. The molecule has 0 spiro atoms. The zero-order chi connectivity index (χ0) is 14.2. The largest absolute Gasteiger partial charge is 0.264 e. The van der Waals surface area contributed by atoms with E-state index in [4.69, 9.17) is 0 Å². The quantitative estimate of drug-likeness (QED) is 0.805. The monoisotopic (exact) mass is 305 g/mol. The van der Waals surface area contributed by atoms with Crippen molar-refractivity contribution in [3.63, 3.8) is 0 Å². The maximum absolute atomic E-state index is 11.8. The second-order valence-electron chi connectivity index (χ2n) is 4.08. The number of nitrogens with one attached hydrogen (secondary N) is 1. The van der Waals surface area contributed by atoms with Gasteiger partial charge in [0.2, 0.25) is 10.0 Å². The maximum atomic E-state index is 11.8. The zero-order valence-corrected chi connectivity index (χ0v) is 12.2. The molecule has 0 amide bonds. The molecular formula is C13H11N3O2S2. The van der Waals surface area contributed by atoms with Gasteiger partial charge >= 0.3 is 0 Å². The summed E-state index contributed by atoms with van der Waals surface area (Å²) in [5, 5.41) is 0.908. The minimum absolute atomic E-state index is 0.295. The molecule has 3 rings (SSSR count). The van der Waals surface area contributed by atoms with Crippen LogP contribution in [0, 0.1) is 0 Å². The van der Waals surface area contributed by atoms with E-state index in [-0.39, 0.29) is 0 Å². The van der Waals surface area contributed by atoms with Gasteiger partial charge in [0.1, 0.15) is 4.21 Å². The van der Waals surface area contributed by atoms with E-state index in [0.29, 0.717) is 4.21 Å². The van der Waals surface area contributed by atoms with E-state index in [1.54, 1.807) is 30.7 Å². The Kier molecular flexibility index (Phi) is 3.25. The second-order valence-corrected chi connectivity index (χ2v) is 7.27. The molecule has 0 aliphatic rings. The van der Waals surface area contributed by atoms with Crippen LogP contribution in [-0.2, 0) is 10.0 Å². The predicted molar refractivity (Wildman–Crippen MR) is 79.1 cm³/mol. The minimum atomic E-state index is -3.40. The molecule has 7 heteroatoms. The first kappa shape index (κ1) is 13.2. The molecule has 3 aromatic rings. The Morgan fingerprint density at radius 3 is 2.80 bits per heavy atom. The lowest BCUT2D eigenvalue weighted by Crippen LogP contribution is -2.17. The van der Waals surface area contributed by atoms with E-state index < -0.39 is 10.0 Å². The SMILES string of the molecule is CNS(=O)(=O)c1ccc(-c2ccnc3ccncc23)s1. The van der Waals surface area contributed by atoms with Gasteiger partial charge in [0.05, 0.1) is 5.52 Å². The highest BCUT2D eigenvalue weighted by Crippen LogP contribution is 2.34. The van der Waals surface area contributed by atoms with E-state index in [9.17, 15) is 8.42 Å². The fourth-order valence-corrected chi connectivity index (χ4v) is 4.10. The Labute approximate surface area is 120 Å². The van der Waals surface area contributed by atoms with E-state index in [1.165, 1.54) is 18.4 Å². The molecular weight excluding hydrogens is 294 g/mol. The van der Waals surface area contributed by atoms with E-state index in [1.807, 2.05) is 12.1 Å². The molecule has 0 aliphatic heterocycles. The van der Waals surface area contributed by atoms with Gasteiger partial charge in [-0.1, -0.05) is 0 Å². The van der Waals surface area contributed by atoms with E-state index >= 15 is 0 Å². The average molecular weight is 305 g/mol. The van der Waals surface area contributed by atoms with Crippen molar-refractivity contribution in [1.29, 1.82) is 0 Å². The first-order valence-corrected chi connectivity index (χ1v) is 8.14. The molecule has 20 heavy (non-hydrogen) atoms. The minimum Gasteiger partial charge on any atom is -0.264 e. The van der Waals surface area contributed by atoms with Crippen molar-refractivity contribution in [1.82, 2.24) is 14.7 Å². The zero-order valence-electron chi connectivity index (χ0n) is 10.6. The molecule has 0 aromatic carbocycles. The maximum Gasteiger partial charge on any atom is 0.249 e. The van der Waals surface area contributed by atoms with Crippen LogP contribution in [0.1, 0.15) is 0 Å². The Hall–Kier alpha value is -1.83. The molecule has 3 heterocycles. The van der Waals surface area contributed by atoms with Crippen LogP contribution in [0.2, 0.25) is 0 Å². The summed E-state index contributed by atoms with van der Waals surface area (Å²) in [6, 6.07) is 7.11. The number of sulfonamides is 1. The highest BCUT2D eigenvalue weighted by molar-refractivity contribution is 7.91. The fraction of sp³-hybridized carbons (Fsp3) is 0.0769. The van der Waals surface area contributed by atoms with Crippen LogP contribution in [-0.4, -0.2) is 25.4 Å². The lowest BCUT2D eigenvalue weighted by Gasteiger charge is -2.02. The Bertz CT molecular complexity index is 867. The van der Waals surface area contributed by atoms with E-state index in [2.05, 4.69) is 14.7 Å². The molecule has 0 saturated carbocycles. The molecule has 0 unspecified atom stereocenters. The van der Waals surface area contributed by atoms with Crippen LogP contribution >= 0.6 is 11.3 Å². The van der Waals surface area contributed by atoms with Crippen LogP contribution in [0.15, 0.2) is 47.1 Å². The smallest absolute Gasteiger partial charge is 0.249 e. The van der Waals surface area contributed by atoms with Crippen molar-refractivity contribution in [2.24, 2.45) is 0 Å². The number of pyridine rings is 2. The summed E-state index contributed by atoms with van der Waals surface area (Å²) < 4.78 is 26.2. The van der Waals surface area contributed by atoms with Crippen molar-refractivity contribution in [2.75, 3.05) is 7.05 Å². The number of hydrogen-bond donors (Lipinski definition) is 1. The van der Waals surface area contributed by atoms with Gasteiger partial charge in [-0.05, 0) is 31.3 Å². The standard InChI is InChI=1S/C13H11N3O2S2/c1-14-20(17,18)13-3-2-12(19-13)9-4-7-16-11-5-6-15-8-10(9)11/h2-8,14H,1H3. The van der Waals surface area contributed by atoms with Crippen LogP contribution < -0.4 is 4.72 Å². The highest BCUT2D eigenvalue weighted by atomic mass is 32.2. The average Bonchev–Trinajstić information content (AvgIpc) is 2.97. The van der Waals surface area contributed by atoms with Gasteiger partial charge in [-0.3, -0.25) is 9.97 Å². The summed E-state index contributed by atoms with van der Waals surface area (Å²) in [5.41, 5.74) is 1.77. The molecule has 102 valence electrons. The lowest BCUT2D eigenvalue weighted by atomic mass is 10.1. The van der Waals surface area contributed by atoms with Gasteiger partial charge in [0.25, 0.3) is 0 Å². The molecule has 0 bridgehead atoms. The third-order valence-corrected chi connectivity index (χ3v) is 5.95. The summed E-state index contributed by atoms with van der Waals surface area (Å²) in [6.07, 6.45) is 5.14. The van der Waals surface area contributed by atoms with Crippen molar-refractivity contribution >= 4 is 32.3 Å². The number of aromatic nitrogens is 2. The molecule has 0 atom stereocenters. The summed E-state index contributed by atoms with van der Waals surface area (Å²) >= 11 is 1.23. The fourth-order valence-electron chi connectivity index (χ4n) is 1.91. The topological polar surface area (TPSA) is 72.0 Å². The third-order valence-electron chi connectivity index (χ3n) is 2.92. The number of rotatable bonds is 3. The van der Waals surface area contributed by atoms with Crippen molar-refractivity contribution in [2.45, 2.75) is 4.21 Å². The first-order valence-electron chi connectivity index (χ1n) is 5.84. The van der Waals surface area contributed by atoms with Crippen LogP contribution in [0.5, 0.6) is 0 Å². The molecule has 0 fully saturated rings. The van der Waals surface area contributed by atoms with Crippen LogP contribution in [0.25, 0.3) is 21.3 Å². The highest BCUT2D eigenvalue weighted by Gasteiger charge is 2.16. The van der Waals surface area contributed by atoms with Gasteiger partial charge < -0.3 is 0 Å². The molecule has 0 aliphatic carbocycles. The Balaban J connectivity index is 2.18. The number of nitrogens with zero attached hydrogens (tertiary/aromatic N) is 2. The molecule has 1 N–H and O–H groups in total. The van der Waals surface area contributed by atoms with Gasteiger partial charge in [0, 0.05) is 34.4 Å². The van der Waals surface area contributed by atoms with Gasteiger partial charge in [-0.25, -0.2) is 13.1 Å². The predicted octanol–water partition coefficient (Wildman–Crippen LogP) is 2.27. The molecule has 3 aromatic heterocycles. The van der Waals surface area contributed by atoms with Gasteiger partial charge in [-0.2, -0.15) is 0 Å². The Morgan fingerprint density at radius 2 is 2.00 bits per heavy atom. The van der Waals surface area contributed by atoms with E-state index in [0.717, 1.165) is 21.3 Å². The number of fused-ring (bicyclic) bond motifs is 1. The lowest BCUT2D eigenvalue weighted by molar-refractivity contribution is 0.590.